The highest BCUT2D eigenvalue weighted by molar-refractivity contribution is 5.84. The SMILES string of the molecule is CCC1(C(=O)N2CCN(C(C)=O)CC2)COC1. The Balaban J connectivity index is 1.92. The largest absolute Gasteiger partial charge is 0.379 e. The minimum Gasteiger partial charge on any atom is -0.379 e. The Kier molecular flexibility index (Phi) is 3.38. The number of ether oxygens (including phenoxy) is 1. The Morgan fingerprint density at radius 2 is 1.65 bits per heavy atom. The van der Waals surface area contributed by atoms with Gasteiger partial charge < -0.3 is 14.5 Å². The summed E-state index contributed by atoms with van der Waals surface area (Å²) in [6, 6.07) is 0. The first-order chi connectivity index (χ1) is 8.09. The van der Waals surface area contributed by atoms with Gasteiger partial charge in [0.15, 0.2) is 0 Å². The maximum Gasteiger partial charge on any atom is 0.233 e. The molecule has 0 unspecified atom stereocenters. The van der Waals surface area contributed by atoms with Crippen LogP contribution in [0.4, 0.5) is 0 Å². The second kappa shape index (κ2) is 4.64. The third-order valence-electron chi connectivity index (χ3n) is 3.90. The van der Waals surface area contributed by atoms with E-state index in [4.69, 9.17) is 4.74 Å². The predicted octanol–water partition coefficient (Wildman–Crippen LogP) is 0.104. The number of piperazine rings is 1. The molecule has 0 spiro atoms. The average Bonchev–Trinajstić information content (AvgIpc) is 2.28. The van der Waals surface area contributed by atoms with Crippen LogP contribution in [0.25, 0.3) is 0 Å². The van der Waals surface area contributed by atoms with Gasteiger partial charge in [-0.15, -0.1) is 0 Å². The van der Waals surface area contributed by atoms with E-state index in [0.717, 1.165) is 6.42 Å². The molecule has 2 heterocycles. The van der Waals surface area contributed by atoms with E-state index in [2.05, 4.69) is 0 Å². The molecule has 0 aromatic heterocycles. The van der Waals surface area contributed by atoms with Crippen molar-refractivity contribution in [2.45, 2.75) is 20.3 Å². The molecule has 2 amide bonds. The minimum atomic E-state index is -0.279. The molecule has 0 aliphatic carbocycles. The Morgan fingerprint density at radius 3 is 2.00 bits per heavy atom. The molecule has 2 aliphatic rings. The molecule has 0 radical (unpaired) electrons. The van der Waals surface area contributed by atoms with Gasteiger partial charge in [0.05, 0.1) is 18.6 Å². The van der Waals surface area contributed by atoms with E-state index in [1.54, 1.807) is 11.8 Å². The molecule has 0 saturated carbocycles. The van der Waals surface area contributed by atoms with Crippen LogP contribution in [0.15, 0.2) is 0 Å². The fraction of sp³-hybridized carbons (Fsp3) is 0.833. The van der Waals surface area contributed by atoms with Gasteiger partial charge in [0.25, 0.3) is 0 Å². The van der Waals surface area contributed by atoms with Crippen LogP contribution in [0, 0.1) is 5.41 Å². The van der Waals surface area contributed by atoms with E-state index in [9.17, 15) is 9.59 Å². The van der Waals surface area contributed by atoms with Crippen LogP contribution in [0.1, 0.15) is 20.3 Å². The molecular weight excluding hydrogens is 220 g/mol. The van der Waals surface area contributed by atoms with Gasteiger partial charge in [0, 0.05) is 33.1 Å². The van der Waals surface area contributed by atoms with Gasteiger partial charge in [-0.2, -0.15) is 0 Å². The number of nitrogens with zero attached hydrogens (tertiary/aromatic N) is 2. The van der Waals surface area contributed by atoms with E-state index in [-0.39, 0.29) is 17.2 Å². The van der Waals surface area contributed by atoms with Crippen LogP contribution < -0.4 is 0 Å². The van der Waals surface area contributed by atoms with Gasteiger partial charge >= 0.3 is 0 Å². The van der Waals surface area contributed by atoms with Crippen molar-refractivity contribution in [2.24, 2.45) is 5.41 Å². The van der Waals surface area contributed by atoms with Crippen molar-refractivity contribution in [3.63, 3.8) is 0 Å². The summed E-state index contributed by atoms with van der Waals surface area (Å²) in [4.78, 5) is 27.2. The number of carbonyl (C=O) groups is 2. The molecule has 2 fully saturated rings. The second-order valence-corrected chi connectivity index (χ2v) is 4.92. The van der Waals surface area contributed by atoms with Gasteiger partial charge in [-0.3, -0.25) is 9.59 Å². The maximum atomic E-state index is 12.4. The Labute approximate surface area is 102 Å². The van der Waals surface area contributed by atoms with Crippen LogP contribution in [0.5, 0.6) is 0 Å². The summed E-state index contributed by atoms with van der Waals surface area (Å²) in [5.41, 5.74) is -0.279. The van der Waals surface area contributed by atoms with Crippen LogP contribution in [0.2, 0.25) is 0 Å². The van der Waals surface area contributed by atoms with E-state index >= 15 is 0 Å². The first kappa shape index (κ1) is 12.4. The lowest BCUT2D eigenvalue weighted by Gasteiger charge is -2.44. The number of amides is 2. The highest BCUT2D eigenvalue weighted by atomic mass is 16.5. The molecule has 5 heteroatoms. The Morgan fingerprint density at radius 1 is 1.12 bits per heavy atom. The molecule has 96 valence electrons. The lowest BCUT2D eigenvalue weighted by molar-refractivity contribution is -0.175. The zero-order chi connectivity index (χ0) is 12.5. The molecule has 2 saturated heterocycles. The fourth-order valence-corrected chi connectivity index (χ4v) is 2.39. The summed E-state index contributed by atoms with van der Waals surface area (Å²) in [5, 5.41) is 0. The van der Waals surface area contributed by atoms with Crippen LogP contribution in [-0.4, -0.2) is 61.0 Å². The van der Waals surface area contributed by atoms with Crippen LogP contribution >= 0.6 is 0 Å². The first-order valence-corrected chi connectivity index (χ1v) is 6.22. The van der Waals surface area contributed by atoms with Gasteiger partial charge in [-0.1, -0.05) is 6.92 Å². The molecule has 0 bridgehead atoms. The Hall–Kier alpha value is -1.10. The molecule has 17 heavy (non-hydrogen) atoms. The summed E-state index contributed by atoms with van der Waals surface area (Å²) >= 11 is 0. The van der Waals surface area contributed by atoms with Crippen molar-refractivity contribution in [1.82, 2.24) is 9.80 Å². The summed E-state index contributed by atoms with van der Waals surface area (Å²) < 4.78 is 5.19. The monoisotopic (exact) mass is 240 g/mol. The summed E-state index contributed by atoms with van der Waals surface area (Å²) in [7, 11) is 0. The lowest BCUT2D eigenvalue weighted by Crippen LogP contribution is -2.59. The smallest absolute Gasteiger partial charge is 0.233 e. The molecular formula is C12H20N2O3. The highest BCUT2D eigenvalue weighted by Crippen LogP contribution is 2.33. The molecule has 0 aromatic rings. The molecule has 0 N–H and O–H groups in total. The molecule has 0 atom stereocenters. The van der Waals surface area contributed by atoms with Crippen molar-refractivity contribution in [3.8, 4) is 0 Å². The third kappa shape index (κ3) is 2.16. The standard InChI is InChI=1S/C12H20N2O3/c1-3-12(8-17-9-12)11(16)14-6-4-13(5-7-14)10(2)15/h3-9H2,1-2H3. The normalized spacial score (nSPS) is 23.2. The highest BCUT2D eigenvalue weighted by Gasteiger charge is 2.46. The van der Waals surface area contributed by atoms with E-state index in [0.29, 0.717) is 39.4 Å². The van der Waals surface area contributed by atoms with Crippen LogP contribution in [0.3, 0.4) is 0 Å². The van der Waals surface area contributed by atoms with E-state index in [1.807, 2.05) is 11.8 Å². The summed E-state index contributed by atoms with van der Waals surface area (Å²) in [6.07, 6.45) is 0.832. The number of rotatable bonds is 2. The van der Waals surface area contributed by atoms with Crippen molar-refractivity contribution in [2.75, 3.05) is 39.4 Å². The second-order valence-electron chi connectivity index (χ2n) is 4.92. The summed E-state index contributed by atoms with van der Waals surface area (Å²) in [6.45, 7) is 7.32. The molecule has 0 aromatic carbocycles. The van der Waals surface area contributed by atoms with Gasteiger partial charge in [-0.25, -0.2) is 0 Å². The number of carbonyl (C=O) groups excluding carboxylic acids is 2. The maximum absolute atomic E-state index is 12.4. The third-order valence-corrected chi connectivity index (χ3v) is 3.90. The number of hydrogen-bond acceptors (Lipinski definition) is 3. The molecule has 5 nitrogen and oxygen atoms in total. The van der Waals surface area contributed by atoms with E-state index in [1.165, 1.54) is 0 Å². The zero-order valence-electron chi connectivity index (χ0n) is 10.6. The van der Waals surface area contributed by atoms with Crippen molar-refractivity contribution < 1.29 is 14.3 Å². The first-order valence-electron chi connectivity index (χ1n) is 6.22. The van der Waals surface area contributed by atoms with Gasteiger partial charge in [-0.05, 0) is 6.42 Å². The quantitative estimate of drug-likeness (QED) is 0.688. The Bertz CT molecular complexity index is 312. The van der Waals surface area contributed by atoms with Gasteiger partial charge in [0.1, 0.15) is 0 Å². The van der Waals surface area contributed by atoms with Crippen molar-refractivity contribution >= 4 is 11.8 Å². The molecule has 2 aliphatic heterocycles. The van der Waals surface area contributed by atoms with Gasteiger partial charge in [0.2, 0.25) is 11.8 Å². The zero-order valence-corrected chi connectivity index (χ0v) is 10.6. The fourth-order valence-electron chi connectivity index (χ4n) is 2.39. The summed E-state index contributed by atoms with van der Waals surface area (Å²) in [5.74, 6) is 0.295. The van der Waals surface area contributed by atoms with E-state index < -0.39 is 0 Å². The topological polar surface area (TPSA) is 49.9 Å². The average molecular weight is 240 g/mol. The lowest BCUT2D eigenvalue weighted by atomic mass is 9.81. The minimum absolute atomic E-state index is 0.0919. The predicted molar refractivity (Wildman–Crippen MR) is 62.4 cm³/mol. The number of hydrogen-bond donors (Lipinski definition) is 0. The molecule has 2 rings (SSSR count). The van der Waals surface area contributed by atoms with Crippen LogP contribution in [-0.2, 0) is 14.3 Å². The van der Waals surface area contributed by atoms with Crippen molar-refractivity contribution in [1.29, 1.82) is 0 Å². The van der Waals surface area contributed by atoms with Crippen molar-refractivity contribution in [3.05, 3.63) is 0 Å².